The predicted octanol–water partition coefficient (Wildman–Crippen LogP) is -1.56. The second-order valence-electron chi connectivity index (χ2n) is 1.04. The zero-order valence-electron chi connectivity index (χ0n) is 5.21. The Labute approximate surface area is 74.5 Å². The number of hydrogen-bond acceptors (Lipinski definition) is 2. The van der Waals surface area contributed by atoms with E-state index in [1.165, 1.54) is 0 Å². The number of aliphatic carboxylic acids is 2. The third-order valence-corrected chi connectivity index (χ3v) is 0. The van der Waals surface area contributed by atoms with Crippen LogP contribution >= 0.6 is 0 Å². The molecule has 6 heteroatoms. The lowest BCUT2D eigenvalue weighted by atomic mass is 10.9. The summed E-state index contributed by atoms with van der Waals surface area (Å²) in [7, 11) is 0. The van der Waals surface area contributed by atoms with Crippen molar-refractivity contribution >= 4 is 35.0 Å². The van der Waals surface area contributed by atoms with Gasteiger partial charge in [0.2, 0.25) is 0 Å². The Kier molecular flexibility index (Phi) is 35.9. The molecule has 10 heavy (non-hydrogen) atoms. The number of carboxylic acid groups (broad SMARTS) is 2. The van der Waals surface area contributed by atoms with Crippen LogP contribution in [0.15, 0.2) is 0 Å². The van der Waals surface area contributed by atoms with Crippen LogP contribution in [0.3, 0.4) is 0 Å². The van der Waals surface area contributed by atoms with E-state index in [2.05, 4.69) is 0 Å². The molecule has 0 aliphatic heterocycles. The molecule has 0 unspecified atom stereocenters. The molecule has 0 bridgehead atoms. The monoisotopic (exact) mass is 164 g/mol. The summed E-state index contributed by atoms with van der Waals surface area (Å²) in [6, 6.07) is 0. The van der Waals surface area contributed by atoms with Crippen molar-refractivity contribution in [2.45, 2.75) is 13.8 Å². The van der Waals surface area contributed by atoms with Gasteiger partial charge in [0, 0.05) is 13.8 Å². The Bertz CT molecular complexity index is 71.6. The highest BCUT2D eigenvalue weighted by atomic mass is 24.3. The smallest absolute Gasteiger partial charge is 0.316 e. The number of carbonyl (C=O) groups is 2. The van der Waals surface area contributed by atoms with Gasteiger partial charge in [-0.15, -0.1) is 0 Å². The van der Waals surface area contributed by atoms with Gasteiger partial charge >= 0.3 is 23.1 Å². The highest BCUT2D eigenvalue weighted by Crippen LogP contribution is 1.42. The molecule has 0 rings (SSSR count). The zero-order chi connectivity index (χ0) is 7.15. The van der Waals surface area contributed by atoms with Gasteiger partial charge < -0.3 is 15.7 Å². The van der Waals surface area contributed by atoms with Crippen LogP contribution in [0.2, 0.25) is 0 Å². The van der Waals surface area contributed by atoms with Gasteiger partial charge in [-0.3, -0.25) is 9.59 Å². The molecule has 0 spiro atoms. The minimum absolute atomic E-state index is 0. The standard InChI is InChI=1S/2C2H4O2.Mg.H2O.2H/c2*1-2(3)4;;;;/h2*1H3,(H,3,4);;1H2;;. The Morgan fingerprint density at radius 1 is 1.00 bits per heavy atom. The molecule has 0 aliphatic rings. The summed E-state index contributed by atoms with van der Waals surface area (Å²) in [6.45, 7) is 2.17. The highest BCUT2D eigenvalue weighted by molar-refractivity contribution is 5.75. The van der Waals surface area contributed by atoms with Gasteiger partial charge in [-0.25, -0.2) is 0 Å². The highest BCUT2D eigenvalue weighted by Gasteiger charge is 1.65. The molecular formula is C4H12MgO5. The van der Waals surface area contributed by atoms with E-state index in [0.717, 1.165) is 13.8 Å². The summed E-state index contributed by atoms with van der Waals surface area (Å²) >= 11 is 0. The minimum atomic E-state index is -0.833. The molecule has 5 nitrogen and oxygen atoms in total. The van der Waals surface area contributed by atoms with E-state index < -0.39 is 11.9 Å². The predicted molar refractivity (Wildman–Crippen MR) is 38.8 cm³/mol. The van der Waals surface area contributed by atoms with Gasteiger partial charge in [-0.05, 0) is 0 Å². The first-order valence-electron chi connectivity index (χ1n) is 1.86. The molecule has 60 valence electrons. The third kappa shape index (κ3) is 3060. The summed E-state index contributed by atoms with van der Waals surface area (Å²) in [4.78, 5) is 18.0. The summed E-state index contributed by atoms with van der Waals surface area (Å²) < 4.78 is 0. The Morgan fingerprint density at radius 2 is 1.00 bits per heavy atom. The lowest BCUT2D eigenvalue weighted by Crippen LogP contribution is -1.78. The van der Waals surface area contributed by atoms with Crippen molar-refractivity contribution in [3.8, 4) is 0 Å². The van der Waals surface area contributed by atoms with Crippen LogP contribution in [0.5, 0.6) is 0 Å². The molecule has 0 saturated carbocycles. The van der Waals surface area contributed by atoms with Crippen molar-refractivity contribution in [2.24, 2.45) is 0 Å². The van der Waals surface area contributed by atoms with Gasteiger partial charge in [0.15, 0.2) is 0 Å². The maximum atomic E-state index is 9.00. The molecule has 0 saturated heterocycles. The first kappa shape index (κ1) is 22.6. The average molecular weight is 164 g/mol. The van der Waals surface area contributed by atoms with E-state index in [1.807, 2.05) is 0 Å². The zero-order valence-corrected chi connectivity index (χ0v) is 5.21. The van der Waals surface area contributed by atoms with Gasteiger partial charge in [-0.2, -0.15) is 0 Å². The van der Waals surface area contributed by atoms with E-state index in [4.69, 9.17) is 19.8 Å². The van der Waals surface area contributed by atoms with E-state index in [-0.39, 0.29) is 28.5 Å². The SMILES string of the molecule is CC(=O)O.CC(=O)O.O.[MgH2]. The summed E-state index contributed by atoms with van der Waals surface area (Å²) in [5, 5.41) is 14.8. The summed E-state index contributed by atoms with van der Waals surface area (Å²) in [5.41, 5.74) is 0. The van der Waals surface area contributed by atoms with E-state index in [1.54, 1.807) is 0 Å². The number of carboxylic acids is 2. The van der Waals surface area contributed by atoms with Crippen molar-refractivity contribution in [2.75, 3.05) is 0 Å². The van der Waals surface area contributed by atoms with Gasteiger partial charge in [0.25, 0.3) is 11.9 Å². The lowest BCUT2D eigenvalue weighted by Gasteiger charge is -1.59. The maximum Gasteiger partial charge on any atom is 0.316 e. The Hall–Kier alpha value is -0.334. The average Bonchev–Trinajstić information content (AvgIpc) is 1.25. The molecule has 0 aliphatic carbocycles. The molecule has 0 atom stereocenters. The van der Waals surface area contributed by atoms with Crippen LogP contribution in [0.4, 0.5) is 0 Å². The van der Waals surface area contributed by atoms with Crippen LogP contribution in [-0.4, -0.2) is 50.7 Å². The van der Waals surface area contributed by atoms with Crippen LogP contribution in [-0.2, 0) is 9.59 Å². The summed E-state index contributed by atoms with van der Waals surface area (Å²) in [5.74, 6) is -1.67. The Morgan fingerprint density at radius 3 is 1.00 bits per heavy atom. The van der Waals surface area contributed by atoms with Crippen LogP contribution in [0, 0.1) is 0 Å². The van der Waals surface area contributed by atoms with Crippen LogP contribution < -0.4 is 0 Å². The second kappa shape index (κ2) is 15.9. The fourth-order valence-corrected chi connectivity index (χ4v) is 0. The van der Waals surface area contributed by atoms with E-state index >= 15 is 0 Å². The molecule has 0 aromatic rings. The summed E-state index contributed by atoms with van der Waals surface area (Å²) in [6.07, 6.45) is 0. The van der Waals surface area contributed by atoms with Crippen molar-refractivity contribution in [3.63, 3.8) is 0 Å². The lowest BCUT2D eigenvalue weighted by molar-refractivity contribution is -0.135. The molecular weight excluding hydrogens is 152 g/mol. The largest absolute Gasteiger partial charge is 0.481 e. The first-order valence-corrected chi connectivity index (χ1v) is 1.86. The topological polar surface area (TPSA) is 106 Å². The van der Waals surface area contributed by atoms with Crippen molar-refractivity contribution in [1.82, 2.24) is 0 Å². The van der Waals surface area contributed by atoms with Crippen LogP contribution in [0.1, 0.15) is 13.8 Å². The fourth-order valence-electron chi connectivity index (χ4n) is 0. The van der Waals surface area contributed by atoms with E-state index in [9.17, 15) is 0 Å². The van der Waals surface area contributed by atoms with E-state index in [0.29, 0.717) is 0 Å². The maximum absolute atomic E-state index is 9.00. The number of rotatable bonds is 0. The van der Waals surface area contributed by atoms with Crippen molar-refractivity contribution < 1.29 is 25.3 Å². The Balaban J connectivity index is -0.0000000300. The molecule has 0 amide bonds. The molecule has 0 aromatic carbocycles. The fraction of sp³-hybridized carbons (Fsp3) is 0.500. The van der Waals surface area contributed by atoms with Gasteiger partial charge in [-0.1, -0.05) is 0 Å². The number of hydrogen-bond donors (Lipinski definition) is 2. The normalized spacial score (nSPS) is 5.00. The van der Waals surface area contributed by atoms with Gasteiger partial charge in [0.05, 0.1) is 0 Å². The quantitative estimate of drug-likeness (QED) is 0.422. The minimum Gasteiger partial charge on any atom is -0.481 e. The van der Waals surface area contributed by atoms with Gasteiger partial charge in [0.1, 0.15) is 0 Å². The van der Waals surface area contributed by atoms with Crippen LogP contribution in [0.25, 0.3) is 0 Å². The molecule has 4 N–H and O–H groups in total. The third-order valence-electron chi connectivity index (χ3n) is 0. The molecule has 0 fully saturated rings. The molecule has 0 aromatic heterocycles. The molecule has 0 heterocycles. The van der Waals surface area contributed by atoms with Crippen molar-refractivity contribution in [3.05, 3.63) is 0 Å². The first-order chi connectivity index (χ1) is 3.46. The second-order valence-corrected chi connectivity index (χ2v) is 1.04. The van der Waals surface area contributed by atoms with Crippen molar-refractivity contribution in [1.29, 1.82) is 0 Å². The molecule has 0 radical (unpaired) electrons.